The molecule has 0 unspecified atom stereocenters. The predicted octanol–water partition coefficient (Wildman–Crippen LogP) is 3.23. The first-order valence-corrected chi connectivity index (χ1v) is 7.04. The lowest BCUT2D eigenvalue weighted by Crippen LogP contribution is -2.02. The van der Waals surface area contributed by atoms with Crippen molar-refractivity contribution in [2.24, 2.45) is 0 Å². The van der Waals surface area contributed by atoms with Gasteiger partial charge >= 0.3 is 5.69 Å². The van der Waals surface area contributed by atoms with E-state index >= 15 is 0 Å². The van der Waals surface area contributed by atoms with Crippen molar-refractivity contribution in [2.75, 3.05) is 11.6 Å². The minimum absolute atomic E-state index is 0.137. The van der Waals surface area contributed by atoms with Gasteiger partial charge in [0.25, 0.3) is 0 Å². The second kappa shape index (κ2) is 6.86. The molecule has 0 aromatic carbocycles. The summed E-state index contributed by atoms with van der Waals surface area (Å²) in [5.41, 5.74) is 0.620. The van der Waals surface area contributed by atoms with Crippen molar-refractivity contribution in [2.45, 2.75) is 38.3 Å². The van der Waals surface area contributed by atoms with E-state index in [4.69, 9.17) is 11.6 Å². The van der Waals surface area contributed by atoms with Gasteiger partial charge in [0.1, 0.15) is 5.69 Å². The molecule has 0 aliphatic carbocycles. The second-order valence-corrected chi connectivity index (χ2v) is 5.07. The molecular weight excluding hydrogens is 262 g/mol. The Bertz CT molecular complexity index is 395. The third kappa shape index (κ3) is 3.61. The Labute approximate surface area is 110 Å². The maximum Gasteiger partial charge on any atom is 0.323 e. The Kier molecular flexibility index (Phi) is 5.77. The minimum atomic E-state index is -0.350. The van der Waals surface area contributed by atoms with Crippen LogP contribution in [0.25, 0.3) is 0 Å². The summed E-state index contributed by atoms with van der Waals surface area (Å²) in [5.74, 6) is 1.35. The molecule has 5 nitrogen and oxygen atoms in total. The lowest BCUT2D eigenvalue weighted by molar-refractivity contribution is -0.388. The number of rotatable bonds is 7. The van der Waals surface area contributed by atoms with Crippen LogP contribution < -0.4 is 0 Å². The molecule has 0 fully saturated rings. The van der Waals surface area contributed by atoms with Crippen LogP contribution in [-0.4, -0.2) is 26.3 Å². The Balaban J connectivity index is 2.98. The Morgan fingerprint density at radius 2 is 2.29 bits per heavy atom. The second-order valence-electron chi connectivity index (χ2n) is 3.61. The molecule has 0 N–H and O–H groups in total. The molecule has 0 aliphatic heterocycles. The molecule has 0 atom stereocenters. The van der Waals surface area contributed by atoms with Crippen molar-refractivity contribution >= 4 is 29.1 Å². The maximum absolute atomic E-state index is 11.0. The van der Waals surface area contributed by atoms with E-state index in [1.54, 1.807) is 11.6 Å². The van der Waals surface area contributed by atoms with Crippen LogP contribution in [0.1, 0.15) is 25.5 Å². The molecule has 1 rings (SSSR count). The molecule has 1 heterocycles. The highest BCUT2D eigenvalue weighted by molar-refractivity contribution is 7.99. The first kappa shape index (κ1) is 14.3. The van der Waals surface area contributed by atoms with Crippen molar-refractivity contribution in [1.29, 1.82) is 0 Å². The molecule has 0 spiro atoms. The van der Waals surface area contributed by atoms with Gasteiger partial charge in [-0.05, 0) is 19.8 Å². The van der Waals surface area contributed by atoms with Gasteiger partial charge in [0.05, 0.1) is 4.92 Å². The lowest BCUT2D eigenvalue weighted by atomic mass is 10.4. The van der Waals surface area contributed by atoms with Crippen LogP contribution in [0.15, 0.2) is 5.03 Å². The summed E-state index contributed by atoms with van der Waals surface area (Å²) >= 11 is 7.07. The molecule has 0 aliphatic rings. The van der Waals surface area contributed by atoms with Gasteiger partial charge in [-0.3, -0.25) is 14.8 Å². The monoisotopic (exact) mass is 277 g/mol. The fourth-order valence-corrected chi connectivity index (χ4v) is 2.90. The molecule has 96 valence electrons. The van der Waals surface area contributed by atoms with Gasteiger partial charge in [0, 0.05) is 18.2 Å². The zero-order chi connectivity index (χ0) is 12.8. The van der Waals surface area contributed by atoms with Crippen molar-refractivity contribution in [3.63, 3.8) is 0 Å². The highest BCUT2D eigenvalue weighted by atomic mass is 35.5. The van der Waals surface area contributed by atoms with E-state index in [2.05, 4.69) is 5.10 Å². The summed E-state index contributed by atoms with van der Waals surface area (Å²) in [4.78, 5) is 10.7. The normalized spacial score (nSPS) is 10.8. The summed E-state index contributed by atoms with van der Waals surface area (Å²) < 4.78 is 1.73. The van der Waals surface area contributed by atoms with E-state index < -0.39 is 0 Å². The fourth-order valence-electron chi connectivity index (χ4n) is 1.49. The number of thioether (sulfide) groups is 1. The van der Waals surface area contributed by atoms with Crippen LogP contribution in [0.5, 0.6) is 0 Å². The molecule has 0 radical (unpaired) electrons. The number of hydrogen-bond acceptors (Lipinski definition) is 4. The van der Waals surface area contributed by atoms with Crippen molar-refractivity contribution in [1.82, 2.24) is 9.78 Å². The molecule has 0 saturated heterocycles. The third-order valence-corrected chi connectivity index (χ3v) is 3.62. The Morgan fingerprint density at radius 3 is 2.82 bits per heavy atom. The van der Waals surface area contributed by atoms with Gasteiger partial charge in [-0.2, -0.15) is 5.10 Å². The van der Waals surface area contributed by atoms with Crippen LogP contribution in [0, 0.1) is 17.0 Å². The Morgan fingerprint density at radius 1 is 1.59 bits per heavy atom. The standard InChI is InChI=1S/C10H16ClN3O2S/c1-3-6-13-10(17-7-4-5-11)9(14(15)16)8(2)12-13/h3-7H2,1-2H3. The SMILES string of the molecule is CCCn1nc(C)c([N+](=O)[O-])c1SCCCCl. The molecule has 17 heavy (non-hydrogen) atoms. The smallest absolute Gasteiger partial charge is 0.258 e. The van der Waals surface area contributed by atoms with Gasteiger partial charge in [0.15, 0.2) is 5.03 Å². The molecule has 7 heteroatoms. The van der Waals surface area contributed by atoms with Crippen LogP contribution in [0.2, 0.25) is 0 Å². The van der Waals surface area contributed by atoms with Gasteiger partial charge in [-0.15, -0.1) is 11.6 Å². The van der Waals surface area contributed by atoms with Crippen molar-refractivity contribution in [3.8, 4) is 0 Å². The topological polar surface area (TPSA) is 61.0 Å². The average Bonchev–Trinajstić information content (AvgIpc) is 2.56. The van der Waals surface area contributed by atoms with E-state index in [0.29, 0.717) is 23.1 Å². The fraction of sp³-hybridized carbons (Fsp3) is 0.700. The van der Waals surface area contributed by atoms with E-state index in [9.17, 15) is 10.1 Å². The molecular formula is C10H16ClN3O2S. The summed E-state index contributed by atoms with van der Waals surface area (Å²) in [6.45, 7) is 4.41. The average molecular weight is 278 g/mol. The number of aryl methyl sites for hydroxylation is 2. The molecule has 0 saturated carbocycles. The number of halogens is 1. The van der Waals surface area contributed by atoms with E-state index in [1.807, 2.05) is 6.92 Å². The van der Waals surface area contributed by atoms with Gasteiger partial charge in [0.2, 0.25) is 0 Å². The third-order valence-electron chi connectivity index (χ3n) is 2.19. The summed E-state index contributed by atoms with van der Waals surface area (Å²) in [6.07, 6.45) is 1.74. The summed E-state index contributed by atoms with van der Waals surface area (Å²) in [5, 5.41) is 15.9. The van der Waals surface area contributed by atoms with E-state index in [-0.39, 0.29) is 10.6 Å². The first-order chi connectivity index (χ1) is 8.11. The highest BCUT2D eigenvalue weighted by Gasteiger charge is 2.24. The Hall–Kier alpha value is -0.750. The number of alkyl halides is 1. The molecule has 1 aromatic rings. The summed E-state index contributed by atoms with van der Waals surface area (Å²) in [6, 6.07) is 0. The number of nitro groups is 1. The van der Waals surface area contributed by atoms with Crippen LogP contribution in [0.3, 0.4) is 0 Å². The van der Waals surface area contributed by atoms with E-state index in [1.165, 1.54) is 11.8 Å². The van der Waals surface area contributed by atoms with Crippen LogP contribution >= 0.6 is 23.4 Å². The minimum Gasteiger partial charge on any atom is -0.258 e. The van der Waals surface area contributed by atoms with Crippen LogP contribution in [0.4, 0.5) is 5.69 Å². The van der Waals surface area contributed by atoms with Gasteiger partial charge < -0.3 is 0 Å². The lowest BCUT2D eigenvalue weighted by Gasteiger charge is -2.04. The van der Waals surface area contributed by atoms with Crippen molar-refractivity contribution < 1.29 is 4.92 Å². The number of hydrogen-bond donors (Lipinski definition) is 0. The van der Waals surface area contributed by atoms with Crippen LogP contribution in [-0.2, 0) is 6.54 Å². The zero-order valence-electron chi connectivity index (χ0n) is 9.98. The van der Waals surface area contributed by atoms with E-state index in [0.717, 1.165) is 18.6 Å². The molecule has 1 aromatic heterocycles. The maximum atomic E-state index is 11.0. The highest BCUT2D eigenvalue weighted by Crippen LogP contribution is 2.32. The van der Waals surface area contributed by atoms with Gasteiger partial charge in [-0.25, -0.2) is 0 Å². The first-order valence-electron chi connectivity index (χ1n) is 5.52. The summed E-state index contributed by atoms with van der Waals surface area (Å²) in [7, 11) is 0. The largest absolute Gasteiger partial charge is 0.323 e. The van der Waals surface area contributed by atoms with Crippen molar-refractivity contribution in [3.05, 3.63) is 15.8 Å². The molecule has 0 bridgehead atoms. The number of nitrogens with zero attached hydrogens (tertiary/aromatic N) is 3. The predicted molar refractivity (Wildman–Crippen MR) is 70.0 cm³/mol. The van der Waals surface area contributed by atoms with Gasteiger partial charge in [-0.1, -0.05) is 18.7 Å². The molecule has 0 amide bonds. The zero-order valence-corrected chi connectivity index (χ0v) is 11.6. The number of aromatic nitrogens is 2. The quantitative estimate of drug-likeness (QED) is 0.252.